The molecule has 0 atom stereocenters. The van der Waals surface area contributed by atoms with Crippen molar-refractivity contribution in [1.29, 1.82) is 0 Å². The third-order valence-corrected chi connectivity index (χ3v) is 3.46. The number of hydrogen-bond donors (Lipinski definition) is 3. The molecular formula is C13H10N2Na2O6S. The molecule has 0 aliphatic carbocycles. The first-order chi connectivity index (χ1) is 10.3. The SMILES string of the molecule is O=C(O)c1cc(N=Nc2cccc(S(=O)(=O)O)c2)ccc1O.[Na].[Na]. The molecule has 116 valence electrons. The monoisotopic (exact) mass is 368 g/mol. The van der Waals surface area contributed by atoms with Gasteiger partial charge in [0.2, 0.25) is 0 Å². The van der Waals surface area contributed by atoms with E-state index in [4.69, 9.17) is 9.66 Å². The molecule has 0 spiro atoms. The third-order valence-electron chi connectivity index (χ3n) is 2.61. The van der Waals surface area contributed by atoms with Crippen LogP contribution in [0, 0.1) is 0 Å². The van der Waals surface area contributed by atoms with E-state index in [1.54, 1.807) is 0 Å². The van der Waals surface area contributed by atoms with Crippen molar-refractivity contribution in [2.45, 2.75) is 4.90 Å². The summed E-state index contributed by atoms with van der Waals surface area (Å²) in [5.41, 5.74) is -0.0179. The minimum absolute atomic E-state index is 0. The van der Waals surface area contributed by atoms with Crippen LogP contribution in [0.1, 0.15) is 10.4 Å². The standard InChI is InChI=1S/C13H10N2O6S.2Na/c16-12-5-4-9(7-11(12)13(17)18)15-14-8-2-1-3-10(6-8)22(19,20)21;;/h1-7,16H,(H,17,18)(H,19,20,21);;. The number of phenols is 1. The van der Waals surface area contributed by atoms with Crippen LogP contribution in [0.2, 0.25) is 0 Å². The molecule has 11 heteroatoms. The molecular weight excluding hydrogens is 358 g/mol. The summed E-state index contributed by atoms with van der Waals surface area (Å²) >= 11 is 0. The van der Waals surface area contributed by atoms with E-state index in [2.05, 4.69) is 10.2 Å². The van der Waals surface area contributed by atoms with E-state index >= 15 is 0 Å². The molecule has 2 radical (unpaired) electrons. The Labute approximate surface area is 182 Å². The van der Waals surface area contributed by atoms with Crippen LogP contribution < -0.4 is 0 Å². The molecule has 3 N–H and O–H groups in total. The number of carboxylic acids is 1. The second-order valence-corrected chi connectivity index (χ2v) is 5.60. The van der Waals surface area contributed by atoms with Gasteiger partial charge in [-0.25, -0.2) is 4.79 Å². The zero-order chi connectivity index (χ0) is 16.3. The molecule has 8 nitrogen and oxygen atoms in total. The van der Waals surface area contributed by atoms with E-state index in [1.165, 1.54) is 24.3 Å². The second kappa shape index (κ2) is 9.64. The quantitative estimate of drug-likeness (QED) is 0.429. The first-order valence-corrected chi connectivity index (χ1v) is 7.27. The molecule has 0 aliphatic heterocycles. The maximum atomic E-state index is 11.0. The second-order valence-electron chi connectivity index (χ2n) is 4.18. The molecule has 0 heterocycles. The summed E-state index contributed by atoms with van der Waals surface area (Å²) in [6.07, 6.45) is 0. The Morgan fingerprint density at radius 1 is 0.958 bits per heavy atom. The van der Waals surface area contributed by atoms with E-state index in [1.807, 2.05) is 0 Å². The van der Waals surface area contributed by atoms with Crippen LogP contribution >= 0.6 is 0 Å². The molecule has 2 aromatic rings. The first-order valence-electron chi connectivity index (χ1n) is 5.83. The Kier molecular flexibility index (Phi) is 9.32. The maximum absolute atomic E-state index is 11.0. The van der Waals surface area contributed by atoms with Gasteiger partial charge in [-0.1, -0.05) is 6.07 Å². The van der Waals surface area contributed by atoms with E-state index in [0.717, 1.165) is 18.2 Å². The molecule has 0 amide bonds. The average molecular weight is 368 g/mol. The normalized spacial score (nSPS) is 10.7. The fourth-order valence-corrected chi connectivity index (χ4v) is 2.10. The molecule has 0 fully saturated rings. The van der Waals surface area contributed by atoms with Crippen LogP contribution in [0.4, 0.5) is 11.4 Å². The third kappa shape index (κ3) is 6.26. The first kappa shape index (κ1) is 23.2. The number of nitrogens with zero attached hydrogens (tertiary/aromatic N) is 2. The van der Waals surface area contributed by atoms with Crippen LogP contribution in [0.15, 0.2) is 57.6 Å². The summed E-state index contributed by atoms with van der Waals surface area (Å²) < 4.78 is 30.9. The Balaban J connectivity index is 0.00000264. The number of carbonyl (C=O) groups is 1. The number of aromatic hydroxyl groups is 1. The minimum atomic E-state index is -4.34. The van der Waals surface area contributed by atoms with Crippen molar-refractivity contribution in [1.82, 2.24) is 0 Å². The number of benzene rings is 2. The number of hydrogen-bond acceptors (Lipinski definition) is 6. The molecule has 0 unspecified atom stereocenters. The summed E-state index contributed by atoms with van der Waals surface area (Å²) in [7, 11) is -4.34. The zero-order valence-corrected chi connectivity index (χ0v) is 17.7. The van der Waals surface area contributed by atoms with Crippen LogP contribution in [-0.2, 0) is 10.1 Å². The van der Waals surface area contributed by atoms with Gasteiger partial charge in [-0.3, -0.25) is 4.55 Å². The largest absolute Gasteiger partial charge is 0.507 e. The van der Waals surface area contributed by atoms with Crippen molar-refractivity contribution < 1.29 is 28.0 Å². The van der Waals surface area contributed by atoms with Crippen molar-refractivity contribution in [3.05, 3.63) is 48.0 Å². The molecule has 0 aromatic heterocycles. The Morgan fingerprint density at radius 2 is 1.54 bits per heavy atom. The molecule has 24 heavy (non-hydrogen) atoms. The summed E-state index contributed by atoms with van der Waals surface area (Å²) in [6, 6.07) is 8.75. The van der Waals surface area contributed by atoms with Crippen LogP contribution in [-0.4, -0.2) is 88.3 Å². The van der Waals surface area contributed by atoms with E-state index in [9.17, 15) is 18.3 Å². The van der Waals surface area contributed by atoms with Gasteiger partial charge in [-0.2, -0.15) is 18.6 Å². The van der Waals surface area contributed by atoms with Gasteiger partial charge < -0.3 is 10.2 Å². The summed E-state index contributed by atoms with van der Waals surface area (Å²) in [5, 5.41) is 25.8. The van der Waals surface area contributed by atoms with Gasteiger partial charge in [-0.15, -0.1) is 0 Å². The van der Waals surface area contributed by atoms with Crippen molar-refractivity contribution >= 4 is 86.6 Å². The molecule has 0 bridgehead atoms. The van der Waals surface area contributed by atoms with Crippen LogP contribution in [0.25, 0.3) is 0 Å². The summed E-state index contributed by atoms with van der Waals surface area (Å²) in [6.45, 7) is 0. The fraction of sp³-hybridized carbons (Fsp3) is 0. The van der Waals surface area contributed by atoms with E-state index in [-0.39, 0.29) is 80.9 Å². The van der Waals surface area contributed by atoms with E-state index in [0.29, 0.717) is 0 Å². The Morgan fingerprint density at radius 3 is 2.08 bits per heavy atom. The van der Waals surface area contributed by atoms with Crippen LogP contribution in [0.3, 0.4) is 0 Å². The Bertz CT molecular complexity index is 871. The molecule has 0 saturated carbocycles. The van der Waals surface area contributed by atoms with Gasteiger partial charge >= 0.3 is 5.97 Å². The fourth-order valence-electron chi connectivity index (χ4n) is 1.58. The predicted molar refractivity (Wildman–Crippen MR) is 87.0 cm³/mol. The van der Waals surface area contributed by atoms with Gasteiger partial charge in [0.25, 0.3) is 10.1 Å². The maximum Gasteiger partial charge on any atom is 0.339 e. The zero-order valence-electron chi connectivity index (χ0n) is 12.9. The summed E-state index contributed by atoms with van der Waals surface area (Å²) in [4.78, 5) is 10.5. The predicted octanol–water partition coefficient (Wildman–Crippen LogP) is 1.99. The average Bonchev–Trinajstić information content (AvgIpc) is 2.45. The number of aromatic carboxylic acids is 1. The van der Waals surface area contributed by atoms with Crippen molar-refractivity contribution in [2.24, 2.45) is 10.2 Å². The van der Waals surface area contributed by atoms with E-state index < -0.39 is 21.8 Å². The minimum Gasteiger partial charge on any atom is -0.507 e. The molecule has 2 aromatic carbocycles. The van der Waals surface area contributed by atoms with Crippen molar-refractivity contribution in [3.63, 3.8) is 0 Å². The van der Waals surface area contributed by atoms with Gasteiger partial charge in [0.1, 0.15) is 11.3 Å². The molecule has 0 aliphatic rings. The number of azo groups is 1. The van der Waals surface area contributed by atoms with Crippen molar-refractivity contribution in [2.75, 3.05) is 0 Å². The molecule has 0 saturated heterocycles. The van der Waals surface area contributed by atoms with Gasteiger partial charge in [0.15, 0.2) is 0 Å². The number of carboxylic acid groups (broad SMARTS) is 1. The topological polar surface area (TPSA) is 137 Å². The van der Waals surface area contributed by atoms with Crippen LogP contribution in [0.5, 0.6) is 5.75 Å². The Hall–Kier alpha value is -0.780. The molecule has 2 rings (SSSR count). The van der Waals surface area contributed by atoms with Gasteiger partial charge in [0, 0.05) is 59.1 Å². The van der Waals surface area contributed by atoms with Gasteiger partial charge in [0.05, 0.1) is 16.3 Å². The number of rotatable bonds is 4. The smallest absolute Gasteiger partial charge is 0.339 e. The van der Waals surface area contributed by atoms with Crippen molar-refractivity contribution in [3.8, 4) is 5.75 Å². The summed E-state index contributed by atoms with van der Waals surface area (Å²) in [5.74, 6) is -1.72. The van der Waals surface area contributed by atoms with Gasteiger partial charge in [-0.05, 0) is 36.4 Å².